The zero-order valence-electron chi connectivity index (χ0n) is 12.4. The number of hydrogen-bond acceptors (Lipinski definition) is 3. The topological polar surface area (TPSA) is 49.8 Å². The molecule has 0 spiro atoms. The number of amides is 1. The second-order valence-electron chi connectivity index (χ2n) is 4.82. The van der Waals surface area contributed by atoms with Crippen molar-refractivity contribution in [3.63, 3.8) is 0 Å². The van der Waals surface area contributed by atoms with E-state index in [1.165, 1.54) is 0 Å². The molecule has 0 aliphatic heterocycles. The van der Waals surface area contributed by atoms with Crippen LogP contribution >= 0.6 is 0 Å². The van der Waals surface area contributed by atoms with Gasteiger partial charge in [-0.3, -0.25) is 4.79 Å². The summed E-state index contributed by atoms with van der Waals surface area (Å²) >= 11 is 0. The van der Waals surface area contributed by atoms with Gasteiger partial charge < -0.3 is 14.7 Å². The molecule has 1 amide bonds. The highest BCUT2D eigenvalue weighted by atomic mass is 16.5. The third-order valence-corrected chi connectivity index (χ3v) is 3.36. The Morgan fingerprint density at radius 2 is 2.05 bits per heavy atom. The van der Waals surface area contributed by atoms with Gasteiger partial charge in [-0.25, -0.2) is 0 Å². The van der Waals surface area contributed by atoms with Crippen molar-refractivity contribution in [3.8, 4) is 5.75 Å². The standard InChI is InChI=1S/C15H23NO3/c1-6-12(9-17)15(18)16(4)14-11(3)7-10(2)8-13(14)19-5/h7-8,12,17H,6,9H2,1-5H3. The quantitative estimate of drug-likeness (QED) is 0.888. The second kappa shape index (κ2) is 6.57. The predicted molar refractivity (Wildman–Crippen MR) is 76.7 cm³/mol. The van der Waals surface area contributed by atoms with Crippen LogP contribution in [0.5, 0.6) is 5.75 Å². The van der Waals surface area contributed by atoms with E-state index in [4.69, 9.17) is 4.74 Å². The van der Waals surface area contributed by atoms with Crippen molar-refractivity contribution >= 4 is 11.6 Å². The Morgan fingerprint density at radius 3 is 2.53 bits per heavy atom. The van der Waals surface area contributed by atoms with Gasteiger partial charge in [0, 0.05) is 7.05 Å². The highest BCUT2D eigenvalue weighted by molar-refractivity contribution is 5.96. The number of methoxy groups -OCH3 is 1. The Balaban J connectivity index is 3.18. The highest BCUT2D eigenvalue weighted by Gasteiger charge is 2.24. The number of hydrogen-bond donors (Lipinski definition) is 1. The van der Waals surface area contributed by atoms with E-state index in [2.05, 4.69) is 0 Å². The fourth-order valence-corrected chi connectivity index (χ4v) is 2.27. The molecule has 0 saturated heterocycles. The van der Waals surface area contributed by atoms with Crippen LogP contribution in [-0.4, -0.2) is 31.8 Å². The summed E-state index contributed by atoms with van der Waals surface area (Å²) in [6.07, 6.45) is 0.618. The molecule has 1 rings (SSSR count). The fraction of sp³-hybridized carbons (Fsp3) is 0.533. The van der Waals surface area contributed by atoms with Crippen molar-refractivity contribution in [2.45, 2.75) is 27.2 Å². The van der Waals surface area contributed by atoms with Crippen LogP contribution < -0.4 is 9.64 Å². The molecule has 1 unspecified atom stereocenters. The van der Waals surface area contributed by atoms with Crippen LogP contribution in [-0.2, 0) is 4.79 Å². The van der Waals surface area contributed by atoms with Crippen molar-refractivity contribution in [2.75, 3.05) is 25.7 Å². The third kappa shape index (κ3) is 3.26. The van der Waals surface area contributed by atoms with Crippen molar-refractivity contribution in [1.82, 2.24) is 0 Å². The number of anilines is 1. The molecule has 0 saturated carbocycles. The molecule has 1 N–H and O–H groups in total. The molecule has 0 aliphatic carbocycles. The molecular weight excluding hydrogens is 242 g/mol. The fourth-order valence-electron chi connectivity index (χ4n) is 2.27. The molecular formula is C15H23NO3. The maximum Gasteiger partial charge on any atom is 0.232 e. The summed E-state index contributed by atoms with van der Waals surface area (Å²) in [5, 5.41) is 9.25. The molecule has 1 aromatic carbocycles. The lowest BCUT2D eigenvalue weighted by Gasteiger charge is -2.25. The van der Waals surface area contributed by atoms with Gasteiger partial charge in [0.25, 0.3) is 0 Å². The number of benzene rings is 1. The molecule has 0 aromatic heterocycles. The molecule has 0 aliphatic rings. The van der Waals surface area contributed by atoms with E-state index in [1.807, 2.05) is 32.9 Å². The average molecular weight is 265 g/mol. The summed E-state index contributed by atoms with van der Waals surface area (Å²) < 4.78 is 5.37. The molecule has 0 fully saturated rings. The minimum absolute atomic E-state index is 0.0877. The molecule has 4 nitrogen and oxygen atoms in total. The van der Waals surface area contributed by atoms with E-state index in [9.17, 15) is 9.90 Å². The second-order valence-corrected chi connectivity index (χ2v) is 4.82. The molecule has 19 heavy (non-hydrogen) atoms. The van der Waals surface area contributed by atoms with Crippen LogP contribution in [0.4, 0.5) is 5.69 Å². The summed E-state index contributed by atoms with van der Waals surface area (Å²) in [5.41, 5.74) is 2.85. The van der Waals surface area contributed by atoms with Crippen LogP contribution in [0.3, 0.4) is 0 Å². The number of aliphatic hydroxyl groups is 1. The summed E-state index contributed by atoms with van der Waals surface area (Å²) in [6, 6.07) is 3.92. The van der Waals surface area contributed by atoms with E-state index in [0.717, 1.165) is 16.8 Å². The Hall–Kier alpha value is -1.55. The number of rotatable bonds is 5. The minimum Gasteiger partial charge on any atom is -0.495 e. The Labute approximate surface area is 115 Å². The zero-order chi connectivity index (χ0) is 14.6. The minimum atomic E-state index is -0.365. The van der Waals surface area contributed by atoms with Gasteiger partial charge in [-0.05, 0) is 37.5 Å². The van der Waals surface area contributed by atoms with Crippen LogP contribution in [0.2, 0.25) is 0 Å². The number of carbonyl (C=O) groups is 1. The Bertz CT molecular complexity index is 453. The SMILES string of the molecule is CCC(CO)C(=O)N(C)c1c(C)cc(C)cc1OC. The largest absolute Gasteiger partial charge is 0.495 e. The van der Waals surface area contributed by atoms with Crippen LogP contribution in [0.25, 0.3) is 0 Å². The molecule has 0 radical (unpaired) electrons. The third-order valence-electron chi connectivity index (χ3n) is 3.36. The van der Waals surface area contributed by atoms with Crippen molar-refractivity contribution in [3.05, 3.63) is 23.3 Å². The Morgan fingerprint density at radius 1 is 1.42 bits per heavy atom. The van der Waals surface area contributed by atoms with Gasteiger partial charge in [0.05, 0.1) is 25.3 Å². The predicted octanol–water partition coefficient (Wildman–Crippen LogP) is 2.29. The normalized spacial score (nSPS) is 12.1. The monoisotopic (exact) mass is 265 g/mol. The van der Waals surface area contributed by atoms with E-state index in [0.29, 0.717) is 12.2 Å². The highest BCUT2D eigenvalue weighted by Crippen LogP contribution is 2.33. The maximum absolute atomic E-state index is 12.3. The molecule has 0 bridgehead atoms. The summed E-state index contributed by atoms with van der Waals surface area (Å²) in [5.74, 6) is 0.229. The summed E-state index contributed by atoms with van der Waals surface area (Å²) in [6.45, 7) is 5.71. The number of ether oxygens (including phenoxy) is 1. The van der Waals surface area contributed by atoms with Gasteiger partial charge in [-0.15, -0.1) is 0 Å². The molecule has 4 heteroatoms. The van der Waals surface area contributed by atoms with Gasteiger partial charge in [0.15, 0.2) is 0 Å². The van der Waals surface area contributed by atoms with Gasteiger partial charge in [-0.2, -0.15) is 0 Å². The first-order chi connectivity index (χ1) is 8.96. The molecule has 106 valence electrons. The molecule has 0 heterocycles. The Kier molecular flexibility index (Phi) is 5.36. The lowest BCUT2D eigenvalue weighted by molar-refractivity contribution is -0.123. The van der Waals surface area contributed by atoms with Gasteiger partial charge >= 0.3 is 0 Å². The van der Waals surface area contributed by atoms with E-state index in [-0.39, 0.29) is 18.4 Å². The van der Waals surface area contributed by atoms with Crippen LogP contribution in [0.15, 0.2) is 12.1 Å². The van der Waals surface area contributed by atoms with Crippen molar-refractivity contribution < 1.29 is 14.6 Å². The van der Waals surface area contributed by atoms with Gasteiger partial charge in [0.2, 0.25) is 5.91 Å². The van der Waals surface area contributed by atoms with Crippen LogP contribution in [0, 0.1) is 19.8 Å². The van der Waals surface area contributed by atoms with Gasteiger partial charge in [-0.1, -0.05) is 13.0 Å². The van der Waals surface area contributed by atoms with Crippen molar-refractivity contribution in [2.24, 2.45) is 5.92 Å². The maximum atomic E-state index is 12.3. The average Bonchev–Trinajstić information content (AvgIpc) is 2.38. The van der Waals surface area contributed by atoms with Gasteiger partial charge in [0.1, 0.15) is 5.75 Å². The molecule has 1 atom stereocenters. The zero-order valence-corrected chi connectivity index (χ0v) is 12.4. The summed E-state index contributed by atoms with van der Waals surface area (Å²) in [4.78, 5) is 13.9. The lowest BCUT2D eigenvalue weighted by atomic mass is 10.0. The molecule has 1 aromatic rings. The van der Waals surface area contributed by atoms with E-state index < -0.39 is 0 Å². The van der Waals surface area contributed by atoms with E-state index >= 15 is 0 Å². The number of aliphatic hydroxyl groups excluding tert-OH is 1. The first-order valence-electron chi connectivity index (χ1n) is 6.49. The number of carbonyl (C=O) groups excluding carboxylic acids is 1. The van der Waals surface area contributed by atoms with Crippen molar-refractivity contribution in [1.29, 1.82) is 0 Å². The smallest absolute Gasteiger partial charge is 0.232 e. The number of nitrogens with zero attached hydrogens (tertiary/aromatic N) is 1. The van der Waals surface area contributed by atoms with E-state index in [1.54, 1.807) is 19.1 Å². The number of aryl methyl sites for hydroxylation is 2. The first-order valence-corrected chi connectivity index (χ1v) is 6.49. The summed E-state index contributed by atoms with van der Waals surface area (Å²) in [7, 11) is 3.32. The van der Waals surface area contributed by atoms with Crippen LogP contribution in [0.1, 0.15) is 24.5 Å². The first kappa shape index (κ1) is 15.5. The lowest BCUT2D eigenvalue weighted by Crippen LogP contribution is -2.35.